The van der Waals surface area contributed by atoms with Crippen molar-refractivity contribution >= 4 is 29.0 Å². The molecule has 0 saturated heterocycles. The highest BCUT2D eigenvalue weighted by Crippen LogP contribution is 2.21. The predicted octanol–water partition coefficient (Wildman–Crippen LogP) is 3.05. The number of Topliss-reactive ketones (excluding diaryl/α,β-unsaturated/α-hetero) is 1. The molecule has 6 heteroatoms. The third kappa shape index (κ3) is 3.08. The van der Waals surface area contributed by atoms with Crippen molar-refractivity contribution < 1.29 is 4.79 Å². The number of nitrogens with zero attached hydrogens (tertiary/aromatic N) is 2. The first-order chi connectivity index (χ1) is 9.38. The van der Waals surface area contributed by atoms with Crippen LogP contribution in [0.1, 0.15) is 21.9 Å². The molecule has 0 saturated carbocycles. The van der Waals surface area contributed by atoms with E-state index in [1.54, 1.807) is 26.0 Å². The van der Waals surface area contributed by atoms with Gasteiger partial charge in [0.1, 0.15) is 5.82 Å². The number of benzene rings is 1. The molecule has 0 aliphatic carbocycles. The molecule has 20 heavy (non-hydrogen) atoms. The Kier molecular flexibility index (Phi) is 4.26. The van der Waals surface area contributed by atoms with Gasteiger partial charge in [-0.3, -0.25) is 14.2 Å². The van der Waals surface area contributed by atoms with E-state index < -0.39 is 0 Å². The van der Waals surface area contributed by atoms with Crippen LogP contribution in [0.2, 0.25) is 10.0 Å². The molecule has 2 rings (SSSR count). The van der Waals surface area contributed by atoms with E-state index in [4.69, 9.17) is 23.2 Å². The van der Waals surface area contributed by atoms with Gasteiger partial charge in [0.25, 0.3) is 5.56 Å². The zero-order chi connectivity index (χ0) is 14.9. The molecule has 0 aliphatic heterocycles. The van der Waals surface area contributed by atoms with E-state index >= 15 is 0 Å². The van der Waals surface area contributed by atoms with E-state index in [1.807, 2.05) is 0 Å². The minimum absolute atomic E-state index is 0.0979. The lowest BCUT2D eigenvalue weighted by Crippen LogP contribution is -2.27. The minimum atomic E-state index is -0.262. The first-order valence-electron chi connectivity index (χ1n) is 5.92. The molecule has 0 aliphatic rings. The summed E-state index contributed by atoms with van der Waals surface area (Å²) in [6.45, 7) is 3.32. The Morgan fingerprint density at radius 2 is 1.95 bits per heavy atom. The van der Waals surface area contributed by atoms with E-state index in [-0.39, 0.29) is 22.9 Å². The van der Waals surface area contributed by atoms with Crippen LogP contribution in [-0.2, 0) is 6.54 Å². The molecule has 1 heterocycles. The number of ketones is 1. The zero-order valence-electron chi connectivity index (χ0n) is 11.0. The van der Waals surface area contributed by atoms with Crippen LogP contribution in [0.15, 0.2) is 29.1 Å². The first-order valence-corrected chi connectivity index (χ1v) is 6.67. The van der Waals surface area contributed by atoms with Gasteiger partial charge in [0.05, 0.1) is 11.6 Å². The molecule has 1 aromatic heterocycles. The van der Waals surface area contributed by atoms with Gasteiger partial charge in [-0.05, 0) is 32.0 Å². The van der Waals surface area contributed by atoms with Gasteiger partial charge in [-0.25, -0.2) is 4.98 Å². The summed E-state index contributed by atoms with van der Waals surface area (Å²) in [6.07, 6.45) is 0. The lowest BCUT2D eigenvalue weighted by Gasteiger charge is -2.09. The van der Waals surface area contributed by atoms with Crippen molar-refractivity contribution in [3.8, 4) is 0 Å². The Bertz CT molecular complexity index is 738. The topological polar surface area (TPSA) is 52.0 Å². The second-order valence-electron chi connectivity index (χ2n) is 4.42. The predicted molar refractivity (Wildman–Crippen MR) is 78.8 cm³/mol. The molecule has 0 unspecified atom stereocenters. The van der Waals surface area contributed by atoms with Crippen molar-refractivity contribution in [3.05, 3.63) is 61.7 Å². The van der Waals surface area contributed by atoms with Gasteiger partial charge in [-0.2, -0.15) is 0 Å². The Morgan fingerprint density at radius 1 is 1.25 bits per heavy atom. The average Bonchev–Trinajstić information content (AvgIpc) is 2.33. The van der Waals surface area contributed by atoms with Crippen LogP contribution in [0.4, 0.5) is 0 Å². The first kappa shape index (κ1) is 14.8. The highest BCUT2D eigenvalue weighted by molar-refractivity contribution is 6.36. The number of hydrogen-bond donors (Lipinski definition) is 0. The minimum Gasteiger partial charge on any atom is -0.292 e. The summed E-state index contributed by atoms with van der Waals surface area (Å²) in [5.74, 6) is 0.232. The van der Waals surface area contributed by atoms with E-state index in [0.717, 1.165) is 0 Å². The maximum atomic E-state index is 12.2. The number of halogens is 2. The molecule has 0 amide bonds. The number of carbonyl (C=O) groups is 1. The number of carbonyl (C=O) groups excluding carboxylic acids is 1. The van der Waals surface area contributed by atoms with Crippen molar-refractivity contribution in [2.75, 3.05) is 0 Å². The SMILES string of the molecule is Cc1cc(=O)n(CC(=O)c2ccc(Cl)cc2Cl)c(C)n1. The quantitative estimate of drug-likeness (QED) is 0.819. The summed E-state index contributed by atoms with van der Waals surface area (Å²) in [5.41, 5.74) is 0.706. The molecule has 0 spiro atoms. The van der Waals surface area contributed by atoms with E-state index in [0.29, 0.717) is 22.1 Å². The van der Waals surface area contributed by atoms with Crippen molar-refractivity contribution in [3.63, 3.8) is 0 Å². The average molecular weight is 311 g/mol. The molecule has 0 bridgehead atoms. The van der Waals surface area contributed by atoms with Crippen LogP contribution in [-0.4, -0.2) is 15.3 Å². The summed E-state index contributed by atoms with van der Waals surface area (Å²) in [4.78, 5) is 28.3. The van der Waals surface area contributed by atoms with Crippen molar-refractivity contribution in [2.45, 2.75) is 20.4 Å². The van der Waals surface area contributed by atoms with Crippen molar-refractivity contribution in [1.82, 2.24) is 9.55 Å². The van der Waals surface area contributed by atoms with Gasteiger partial charge in [-0.1, -0.05) is 23.2 Å². The van der Waals surface area contributed by atoms with Gasteiger partial charge < -0.3 is 0 Å². The van der Waals surface area contributed by atoms with Crippen molar-refractivity contribution in [2.24, 2.45) is 0 Å². The highest BCUT2D eigenvalue weighted by Gasteiger charge is 2.14. The number of rotatable bonds is 3. The fourth-order valence-corrected chi connectivity index (χ4v) is 2.41. The normalized spacial score (nSPS) is 10.6. The number of hydrogen-bond acceptors (Lipinski definition) is 3. The van der Waals surface area contributed by atoms with Crippen molar-refractivity contribution in [1.29, 1.82) is 0 Å². The highest BCUT2D eigenvalue weighted by atomic mass is 35.5. The summed E-state index contributed by atoms with van der Waals surface area (Å²) in [5, 5.41) is 0.727. The fourth-order valence-electron chi connectivity index (χ4n) is 1.90. The smallest absolute Gasteiger partial charge is 0.254 e. The van der Waals surface area contributed by atoms with E-state index in [2.05, 4.69) is 4.98 Å². The lowest BCUT2D eigenvalue weighted by molar-refractivity contribution is 0.0969. The third-order valence-corrected chi connectivity index (χ3v) is 3.41. The van der Waals surface area contributed by atoms with Gasteiger partial charge >= 0.3 is 0 Å². The fraction of sp³-hybridized carbons (Fsp3) is 0.214. The van der Waals surface area contributed by atoms with Gasteiger partial charge in [0.2, 0.25) is 0 Å². The molecule has 0 N–H and O–H groups in total. The van der Waals surface area contributed by atoms with Crippen LogP contribution in [0, 0.1) is 13.8 Å². The van der Waals surface area contributed by atoms with E-state index in [9.17, 15) is 9.59 Å². The van der Waals surface area contributed by atoms with Crippen LogP contribution in [0.25, 0.3) is 0 Å². The zero-order valence-corrected chi connectivity index (χ0v) is 12.5. The molecule has 2 aromatic rings. The summed E-state index contributed by atoms with van der Waals surface area (Å²) in [6, 6.07) is 6.03. The molecule has 4 nitrogen and oxygen atoms in total. The molecule has 104 valence electrons. The molecular formula is C14H12Cl2N2O2. The molecule has 0 atom stereocenters. The monoisotopic (exact) mass is 310 g/mol. The van der Waals surface area contributed by atoms with Crippen LogP contribution < -0.4 is 5.56 Å². The molecule has 0 fully saturated rings. The van der Waals surface area contributed by atoms with Crippen LogP contribution in [0.3, 0.4) is 0 Å². The maximum Gasteiger partial charge on any atom is 0.254 e. The van der Waals surface area contributed by atoms with Gasteiger partial charge in [-0.15, -0.1) is 0 Å². The van der Waals surface area contributed by atoms with E-state index in [1.165, 1.54) is 16.7 Å². The van der Waals surface area contributed by atoms with Crippen LogP contribution >= 0.6 is 23.2 Å². The third-order valence-electron chi connectivity index (χ3n) is 2.86. The molecular weight excluding hydrogens is 299 g/mol. The maximum absolute atomic E-state index is 12.2. The standard InChI is InChI=1S/C14H12Cl2N2O2/c1-8-5-14(20)18(9(2)17-8)7-13(19)11-4-3-10(15)6-12(11)16/h3-6H,7H2,1-2H3. The van der Waals surface area contributed by atoms with Gasteiger partial charge in [0.15, 0.2) is 5.78 Å². The Labute approximate surface area is 126 Å². The largest absolute Gasteiger partial charge is 0.292 e. The Morgan fingerprint density at radius 3 is 2.55 bits per heavy atom. The number of aromatic nitrogens is 2. The Hall–Kier alpha value is -1.65. The lowest BCUT2D eigenvalue weighted by atomic mass is 10.1. The summed E-state index contributed by atoms with van der Waals surface area (Å²) >= 11 is 11.8. The molecule has 0 radical (unpaired) electrons. The second-order valence-corrected chi connectivity index (χ2v) is 5.26. The van der Waals surface area contributed by atoms with Crippen LogP contribution in [0.5, 0.6) is 0 Å². The molecule has 1 aromatic carbocycles. The second kappa shape index (κ2) is 5.77. The summed E-state index contributed by atoms with van der Waals surface area (Å²) < 4.78 is 1.32. The summed E-state index contributed by atoms with van der Waals surface area (Å²) in [7, 11) is 0. The number of aryl methyl sites for hydroxylation is 2. The van der Waals surface area contributed by atoms with Gasteiger partial charge in [0, 0.05) is 22.3 Å². The Balaban J connectivity index is 2.35.